The molecule has 3 heteroatoms. The molecule has 0 aliphatic carbocycles. The van der Waals surface area contributed by atoms with E-state index in [1.807, 2.05) is 0 Å². The Kier molecular flexibility index (Phi) is 5.58. The fourth-order valence-corrected chi connectivity index (χ4v) is 2.34. The van der Waals surface area contributed by atoms with Crippen LogP contribution in [0.4, 0.5) is 0 Å². The van der Waals surface area contributed by atoms with Gasteiger partial charge in [-0.1, -0.05) is 13.8 Å². The Bertz CT molecular complexity index is 152. The Morgan fingerprint density at radius 1 is 1.40 bits per heavy atom. The zero-order valence-electron chi connectivity index (χ0n) is 10.7. The van der Waals surface area contributed by atoms with Gasteiger partial charge in [-0.05, 0) is 39.4 Å². The van der Waals surface area contributed by atoms with E-state index in [1.165, 1.54) is 19.4 Å². The van der Waals surface area contributed by atoms with Crippen molar-refractivity contribution in [3.05, 3.63) is 0 Å². The molecule has 0 radical (unpaired) electrons. The van der Waals surface area contributed by atoms with Gasteiger partial charge in [0.25, 0.3) is 0 Å². The first-order valence-corrected chi connectivity index (χ1v) is 6.19. The average molecular weight is 213 g/mol. The van der Waals surface area contributed by atoms with Gasteiger partial charge in [-0.2, -0.15) is 0 Å². The standard InChI is InChI=1S/C12H27N3/c1-10(2)7-12(9-15(3)4)14-11-5-6-13-8-11/h10-14H,5-9H2,1-4H3. The van der Waals surface area contributed by atoms with Crippen molar-refractivity contribution in [1.29, 1.82) is 0 Å². The summed E-state index contributed by atoms with van der Waals surface area (Å²) in [5, 5.41) is 7.18. The van der Waals surface area contributed by atoms with Crippen LogP contribution in [0.1, 0.15) is 26.7 Å². The number of nitrogens with one attached hydrogen (secondary N) is 2. The lowest BCUT2D eigenvalue weighted by Gasteiger charge is -2.26. The van der Waals surface area contributed by atoms with Gasteiger partial charge in [0.15, 0.2) is 0 Å². The zero-order chi connectivity index (χ0) is 11.3. The van der Waals surface area contributed by atoms with Crippen LogP contribution in [0.5, 0.6) is 0 Å². The second-order valence-electron chi connectivity index (χ2n) is 5.45. The summed E-state index contributed by atoms with van der Waals surface area (Å²) in [6.45, 7) is 8.07. The monoisotopic (exact) mass is 213 g/mol. The van der Waals surface area contributed by atoms with Crippen LogP contribution in [0, 0.1) is 5.92 Å². The molecular weight excluding hydrogens is 186 g/mol. The molecule has 0 aromatic heterocycles. The van der Waals surface area contributed by atoms with Crippen molar-refractivity contribution in [2.45, 2.75) is 38.8 Å². The highest BCUT2D eigenvalue weighted by molar-refractivity contribution is 4.82. The molecule has 1 rings (SSSR count). The van der Waals surface area contributed by atoms with Crippen LogP contribution < -0.4 is 10.6 Å². The molecule has 2 unspecified atom stereocenters. The molecule has 0 saturated carbocycles. The summed E-state index contributed by atoms with van der Waals surface area (Å²) in [4.78, 5) is 2.28. The third-order valence-electron chi connectivity index (χ3n) is 2.87. The molecule has 1 aliphatic rings. The Morgan fingerprint density at radius 2 is 2.13 bits per heavy atom. The Morgan fingerprint density at radius 3 is 2.60 bits per heavy atom. The molecule has 90 valence electrons. The fraction of sp³-hybridized carbons (Fsp3) is 1.00. The molecule has 1 fully saturated rings. The second kappa shape index (κ2) is 6.46. The predicted octanol–water partition coefficient (Wildman–Crippen LogP) is 0.914. The maximum atomic E-state index is 3.77. The van der Waals surface area contributed by atoms with Gasteiger partial charge in [0.05, 0.1) is 0 Å². The smallest absolute Gasteiger partial charge is 0.0207 e. The van der Waals surface area contributed by atoms with E-state index in [1.54, 1.807) is 0 Å². The van der Waals surface area contributed by atoms with Crippen LogP contribution in [0.2, 0.25) is 0 Å². The van der Waals surface area contributed by atoms with Crippen LogP contribution in [-0.4, -0.2) is 50.7 Å². The molecule has 1 heterocycles. The number of rotatable bonds is 6. The van der Waals surface area contributed by atoms with Gasteiger partial charge in [-0.3, -0.25) is 0 Å². The molecule has 0 bridgehead atoms. The molecule has 2 N–H and O–H groups in total. The van der Waals surface area contributed by atoms with Crippen molar-refractivity contribution in [3.8, 4) is 0 Å². The quantitative estimate of drug-likeness (QED) is 0.687. The van der Waals surface area contributed by atoms with Crippen LogP contribution in [0.15, 0.2) is 0 Å². The summed E-state index contributed by atoms with van der Waals surface area (Å²) < 4.78 is 0. The molecule has 2 atom stereocenters. The number of hydrogen-bond donors (Lipinski definition) is 2. The van der Waals surface area contributed by atoms with Crippen LogP contribution in [0.3, 0.4) is 0 Å². The van der Waals surface area contributed by atoms with Gasteiger partial charge in [0.1, 0.15) is 0 Å². The molecule has 15 heavy (non-hydrogen) atoms. The fourth-order valence-electron chi connectivity index (χ4n) is 2.34. The van der Waals surface area contributed by atoms with Gasteiger partial charge >= 0.3 is 0 Å². The summed E-state index contributed by atoms with van der Waals surface area (Å²) in [6.07, 6.45) is 2.55. The summed E-state index contributed by atoms with van der Waals surface area (Å²) in [6, 6.07) is 1.33. The molecule has 1 aliphatic heterocycles. The number of nitrogens with zero attached hydrogens (tertiary/aromatic N) is 1. The number of hydrogen-bond acceptors (Lipinski definition) is 3. The van der Waals surface area contributed by atoms with E-state index in [0.717, 1.165) is 19.0 Å². The molecule has 0 amide bonds. The summed E-state index contributed by atoms with van der Waals surface area (Å²) in [5.41, 5.74) is 0. The lowest BCUT2D eigenvalue weighted by Crippen LogP contribution is -2.45. The molecular formula is C12H27N3. The van der Waals surface area contributed by atoms with Crippen molar-refractivity contribution in [2.24, 2.45) is 5.92 Å². The molecule has 3 nitrogen and oxygen atoms in total. The first-order chi connectivity index (χ1) is 7.08. The zero-order valence-corrected chi connectivity index (χ0v) is 10.7. The van der Waals surface area contributed by atoms with E-state index in [4.69, 9.17) is 0 Å². The Balaban J connectivity index is 2.32. The predicted molar refractivity (Wildman–Crippen MR) is 66.2 cm³/mol. The van der Waals surface area contributed by atoms with Crippen molar-refractivity contribution in [1.82, 2.24) is 15.5 Å². The minimum atomic E-state index is 0.643. The second-order valence-corrected chi connectivity index (χ2v) is 5.45. The first-order valence-electron chi connectivity index (χ1n) is 6.19. The Hall–Kier alpha value is -0.120. The van der Waals surface area contributed by atoms with E-state index in [9.17, 15) is 0 Å². The van der Waals surface area contributed by atoms with E-state index in [0.29, 0.717) is 12.1 Å². The topological polar surface area (TPSA) is 27.3 Å². The molecule has 1 saturated heterocycles. The van der Waals surface area contributed by atoms with Gasteiger partial charge in [0, 0.05) is 25.2 Å². The summed E-state index contributed by atoms with van der Waals surface area (Å²) in [5.74, 6) is 0.775. The largest absolute Gasteiger partial charge is 0.315 e. The molecule has 0 aromatic carbocycles. The van der Waals surface area contributed by atoms with Gasteiger partial charge in [0.2, 0.25) is 0 Å². The van der Waals surface area contributed by atoms with Crippen molar-refractivity contribution < 1.29 is 0 Å². The number of likely N-dealkylation sites (N-methyl/N-ethyl adjacent to an activating group) is 1. The minimum absolute atomic E-state index is 0.643. The van der Waals surface area contributed by atoms with Gasteiger partial charge in [-0.25, -0.2) is 0 Å². The SMILES string of the molecule is CC(C)CC(CN(C)C)NC1CCNC1. The van der Waals surface area contributed by atoms with E-state index >= 15 is 0 Å². The van der Waals surface area contributed by atoms with Crippen molar-refractivity contribution in [2.75, 3.05) is 33.7 Å². The van der Waals surface area contributed by atoms with Gasteiger partial charge < -0.3 is 15.5 Å². The maximum absolute atomic E-state index is 3.77. The van der Waals surface area contributed by atoms with E-state index in [2.05, 4.69) is 43.5 Å². The third-order valence-corrected chi connectivity index (χ3v) is 2.87. The molecule has 0 spiro atoms. The highest BCUT2D eigenvalue weighted by Crippen LogP contribution is 2.08. The highest BCUT2D eigenvalue weighted by atomic mass is 15.1. The first kappa shape index (κ1) is 12.9. The van der Waals surface area contributed by atoms with Crippen LogP contribution in [0.25, 0.3) is 0 Å². The summed E-state index contributed by atoms with van der Waals surface area (Å²) in [7, 11) is 4.31. The van der Waals surface area contributed by atoms with E-state index in [-0.39, 0.29) is 0 Å². The van der Waals surface area contributed by atoms with Crippen molar-refractivity contribution in [3.63, 3.8) is 0 Å². The highest BCUT2D eigenvalue weighted by Gasteiger charge is 2.19. The lowest BCUT2D eigenvalue weighted by molar-refractivity contribution is 0.289. The lowest BCUT2D eigenvalue weighted by atomic mass is 10.0. The third kappa shape index (κ3) is 5.50. The van der Waals surface area contributed by atoms with Crippen LogP contribution >= 0.6 is 0 Å². The van der Waals surface area contributed by atoms with E-state index < -0.39 is 0 Å². The summed E-state index contributed by atoms with van der Waals surface area (Å²) >= 11 is 0. The van der Waals surface area contributed by atoms with Crippen LogP contribution in [-0.2, 0) is 0 Å². The Labute approximate surface area is 94.6 Å². The normalized spacial score (nSPS) is 24.0. The minimum Gasteiger partial charge on any atom is -0.315 e. The maximum Gasteiger partial charge on any atom is 0.0207 e. The van der Waals surface area contributed by atoms with Gasteiger partial charge in [-0.15, -0.1) is 0 Å². The average Bonchev–Trinajstić information content (AvgIpc) is 2.53. The molecule has 0 aromatic rings. The van der Waals surface area contributed by atoms with Crippen molar-refractivity contribution >= 4 is 0 Å².